The fraction of sp³-hybridized carbons (Fsp3) is 0.364. The van der Waals surface area contributed by atoms with Crippen LogP contribution in [0, 0.1) is 6.92 Å². The number of esters is 1. The second-order valence-corrected chi connectivity index (χ2v) is 3.72. The highest BCUT2D eigenvalue weighted by atomic mass is 16.5. The van der Waals surface area contributed by atoms with Gasteiger partial charge >= 0.3 is 5.97 Å². The van der Waals surface area contributed by atoms with Gasteiger partial charge < -0.3 is 15.8 Å². The van der Waals surface area contributed by atoms with Gasteiger partial charge in [0.2, 0.25) is 0 Å². The van der Waals surface area contributed by atoms with E-state index in [0.717, 1.165) is 23.4 Å². The van der Waals surface area contributed by atoms with Gasteiger partial charge in [-0.1, -0.05) is 0 Å². The van der Waals surface area contributed by atoms with Crippen LogP contribution in [0.4, 0.5) is 11.4 Å². The van der Waals surface area contributed by atoms with E-state index in [2.05, 4.69) is 5.32 Å². The van der Waals surface area contributed by atoms with Crippen LogP contribution in [0.25, 0.3) is 0 Å². The molecule has 3 N–H and O–H groups in total. The van der Waals surface area contributed by atoms with Crippen molar-refractivity contribution in [3.63, 3.8) is 0 Å². The summed E-state index contributed by atoms with van der Waals surface area (Å²) in [7, 11) is 0. The number of cyclic esters (lactones) is 1. The Kier molecular flexibility index (Phi) is 2.49. The Hall–Kier alpha value is -1.71. The summed E-state index contributed by atoms with van der Waals surface area (Å²) in [5, 5.41) is 3.13. The van der Waals surface area contributed by atoms with Gasteiger partial charge in [-0.25, -0.2) is 4.79 Å². The van der Waals surface area contributed by atoms with E-state index in [4.69, 9.17) is 10.5 Å². The van der Waals surface area contributed by atoms with Crippen LogP contribution in [0.1, 0.15) is 12.0 Å². The van der Waals surface area contributed by atoms with Gasteiger partial charge in [0.15, 0.2) is 0 Å². The van der Waals surface area contributed by atoms with E-state index in [9.17, 15) is 4.79 Å². The molecule has 1 aromatic rings. The number of benzene rings is 1. The number of carbonyl (C=O) groups excluding carboxylic acids is 1. The third kappa shape index (κ3) is 2.03. The zero-order valence-electron chi connectivity index (χ0n) is 8.62. The van der Waals surface area contributed by atoms with Gasteiger partial charge in [0.05, 0.1) is 6.61 Å². The predicted molar refractivity (Wildman–Crippen MR) is 58.6 cm³/mol. The Morgan fingerprint density at radius 2 is 2.33 bits per heavy atom. The lowest BCUT2D eigenvalue weighted by Crippen LogP contribution is -2.24. The summed E-state index contributed by atoms with van der Waals surface area (Å²) < 4.78 is 4.87. The van der Waals surface area contributed by atoms with Crippen LogP contribution in [0.15, 0.2) is 18.2 Å². The summed E-state index contributed by atoms with van der Waals surface area (Å²) >= 11 is 0. The van der Waals surface area contributed by atoms with Crippen molar-refractivity contribution in [2.24, 2.45) is 0 Å². The first-order chi connectivity index (χ1) is 7.16. The number of aryl methyl sites for hydroxylation is 1. The number of nitrogen functional groups attached to an aromatic ring is 1. The zero-order valence-corrected chi connectivity index (χ0v) is 8.62. The number of anilines is 2. The predicted octanol–water partition coefficient (Wildman–Crippen LogP) is 1.30. The van der Waals surface area contributed by atoms with Gasteiger partial charge in [-0.3, -0.25) is 0 Å². The Morgan fingerprint density at radius 1 is 1.53 bits per heavy atom. The molecule has 4 nitrogen and oxygen atoms in total. The van der Waals surface area contributed by atoms with Crippen molar-refractivity contribution >= 4 is 17.3 Å². The van der Waals surface area contributed by atoms with E-state index in [1.54, 1.807) is 0 Å². The Labute approximate surface area is 88.4 Å². The molecule has 80 valence electrons. The Morgan fingerprint density at radius 3 is 2.93 bits per heavy atom. The molecule has 0 aromatic heterocycles. The molecule has 0 spiro atoms. The maximum absolute atomic E-state index is 11.2. The van der Waals surface area contributed by atoms with Crippen LogP contribution >= 0.6 is 0 Å². The minimum Gasteiger partial charge on any atom is -0.464 e. The molecule has 0 radical (unpaired) electrons. The largest absolute Gasteiger partial charge is 0.464 e. The highest BCUT2D eigenvalue weighted by Crippen LogP contribution is 2.19. The quantitative estimate of drug-likeness (QED) is 0.565. The molecule has 1 atom stereocenters. The molecule has 0 saturated carbocycles. The first-order valence-corrected chi connectivity index (χ1v) is 4.96. The molecular formula is C11H14N2O2. The highest BCUT2D eigenvalue weighted by Gasteiger charge is 2.25. The lowest BCUT2D eigenvalue weighted by Gasteiger charge is -2.11. The van der Waals surface area contributed by atoms with Gasteiger partial charge in [-0.2, -0.15) is 0 Å². The monoisotopic (exact) mass is 206 g/mol. The fourth-order valence-corrected chi connectivity index (χ4v) is 1.59. The van der Waals surface area contributed by atoms with E-state index < -0.39 is 0 Å². The van der Waals surface area contributed by atoms with E-state index in [1.807, 2.05) is 25.1 Å². The molecule has 15 heavy (non-hydrogen) atoms. The molecule has 1 aliphatic rings. The van der Waals surface area contributed by atoms with Gasteiger partial charge in [-0.15, -0.1) is 0 Å². The van der Waals surface area contributed by atoms with Crippen molar-refractivity contribution in [2.75, 3.05) is 17.7 Å². The first kappa shape index (κ1) is 9.83. The molecule has 2 rings (SSSR count). The summed E-state index contributed by atoms with van der Waals surface area (Å²) in [4.78, 5) is 11.2. The van der Waals surface area contributed by atoms with Crippen LogP contribution in [-0.4, -0.2) is 18.6 Å². The number of carbonyl (C=O) groups is 1. The smallest absolute Gasteiger partial charge is 0.328 e. The van der Waals surface area contributed by atoms with Gasteiger partial charge in [0, 0.05) is 17.8 Å². The van der Waals surface area contributed by atoms with Crippen LogP contribution in [0.3, 0.4) is 0 Å². The van der Waals surface area contributed by atoms with Crippen LogP contribution in [0.5, 0.6) is 0 Å². The van der Waals surface area contributed by atoms with E-state index >= 15 is 0 Å². The highest BCUT2D eigenvalue weighted by molar-refractivity contribution is 5.81. The first-order valence-electron chi connectivity index (χ1n) is 4.96. The standard InChI is InChI=1S/C11H14N2O2/c1-7-6-8(2-3-9(7)12)13-10-4-5-15-11(10)14/h2-3,6,10,13H,4-5,12H2,1H3. The van der Waals surface area contributed by atoms with Gasteiger partial charge in [-0.05, 0) is 30.7 Å². The van der Waals surface area contributed by atoms with Crippen molar-refractivity contribution in [1.29, 1.82) is 0 Å². The van der Waals surface area contributed by atoms with Crippen LogP contribution in [-0.2, 0) is 9.53 Å². The van der Waals surface area contributed by atoms with Crippen molar-refractivity contribution in [3.05, 3.63) is 23.8 Å². The van der Waals surface area contributed by atoms with E-state index in [0.29, 0.717) is 6.61 Å². The van der Waals surface area contributed by atoms with Crippen molar-refractivity contribution in [3.8, 4) is 0 Å². The minimum absolute atomic E-state index is 0.176. The number of rotatable bonds is 2. The Bertz CT molecular complexity index is 390. The van der Waals surface area contributed by atoms with Crippen LogP contribution < -0.4 is 11.1 Å². The summed E-state index contributed by atoms with van der Waals surface area (Å²) in [6.07, 6.45) is 0.724. The zero-order chi connectivity index (χ0) is 10.8. The second kappa shape index (κ2) is 3.81. The molecule has 0 amide bonds. The lowest BCUT2D eigenvalue weighted by molar-refractivity contribution is -0.138. The second-order valence-electron chi connectivity index (χ2n) is 3.72. The molecule has 1 unspecified atom stereocenters. The van der Waals surface area contributed by atoms with Crippen molar-refractivity contribution < 1.29 is 9.53 Å². The summed E-state index contributed by atoms with van der Waals surface area (Å²) in [5.74, 6) is -0.176. The molecule has 1 aromatic carbocycles. The number of hydrogen-bond donors (Lipinski definition) is 2. The number of nitrogens with two attached hydrogens (primary N) is 1. The van der Waals surface area contributed by atoms with Gasteiger partial charge in [0.1, 0.15) is 6.04 Å². The molecule has 1 fully saturated rings. The molecule has 1 aliphatic heterocycles. The Balaban J connectivity index is 2.10. The minimum atomic E-state index is -0.215. The fourth-order valence-electron chi connectivity index (χ4n) is 1.59. The third-order valence-electron chi connectivity index (χ3n) is 2.55. The molecular weight excluding hydrogens is 192 g/mol. The van der Waals surface area contributed by atoms with Crippen molar-refractivity contribution in [1.82, 2.24) is 0 Å². The topological polar surface area (TPSA) is 64.3 Å². The molecule has 4 heteroatoms. The number of nitrogens with one attached hydrogen (secondary N) is 1. The van der Waals surface area contributed by atoms with Crippen molar-refractivity contribution in [2.45, 2.75) is 19.4 Å². The molecule has 1 saturated heterocycles. The summed E-state index contributed by atoms with van der Waals surface area (Å²) in [5.41, 5.74) is 8.38. The molecule has 0 bridgehead atoms. The average molecular weight is 206 g/mol. The number of ether oxygens (including phenoxy) is 1. The lowest BCUT2D eigenvalue weighted by atomic mass is 10.1. The normalized spacial score (nSPS) is 20.1. The van der Waals surface area contributed by atoms with Gasteiger partial charge in [0.25, 0.3) is 0 Å². The van der Waals surface area contributed by atoms with Crippen LogP contribution in [0.2, 0.25) is 0 Å². The molecule has 0 aliphatic carbocycles. The van der Waals surface area contributed by atoms with E-state index in [1.165, 1.54) is 0 Å². The van der Waals surface area contributed by atoms with E-state index in [-0.39, 0.29) is 12.0 Å². The average Bonchev–Trinajstić information content (AvgIpc) is 2.59. The number of hydrogen-bond acceptors (Lipinski definition) is 4. The third-order valence-corrected chi connectivity index (χ3v) is 2.55. The molecule has 1 heterocycles. The summed E-state index contributed by atoms with van der Waals surface area (Å²) in [6.45, 7) is 2.44. The summed E-state index contributed by atoms with van der Waals surface area (Å²) in [6, 6.07) is 5.42. The SMILES string of the molecule is Cc1cc(NC2CCOC2=O)ccc1N. The maximum Gasteiger partial charge on any atom is 0.328 e. The maximum atomic E-state index is 11.2.